The van der Waals surface area contributed by atoms with E-state index in [-0.39, 0.29) is 0 Å². The van der Waals surface area contributed by atoms with Crippen molar-refractivity contribution >= 4 is 92.6 Å². The minimum Gasteiger partial charge on any atom is -0.455 e. The standard InChI is InChI=1S/C55H31N5O/c1-3-14-32(15-4-1)53-56-54(33-16-5-2-6-17-33)58-55(57-53)40-26-27-45(50-39-21-10-12-25-49(39)61-52(40)50)59-46-29-35-19-8-7-18-34(35)28-41(46)43-30-42-38-23-13-22-37-36-20-9-11-24-44(36)60(51(37)38)48(42)31-47(43)59/h1-31H. The summed E-state index contributed by atoms with van der Waals surface area (Å²) in [6.07, 6.45) is 0. The smallest absolute Gasteiger partial charge is 0.167 e. The normalized spacial score (nSPS) is 12.3. The third-order valence-electron chi connectivity index (χ3n) is 12.7. The molecule has 0 N–H and O–H groups in total. The highest BCUT2D eigenvalue weighted by atomic mass is 16.3. The summed E-state index contributed by atoms with van der Waals surface area (Å²) in [4.78, 5) is 15.3. The van der Waals surface area contributed by atoms with Gasteiger partial charge in [-0.15, -0.1) is 0 Å². The maximum absolute atomic E-state index is 6.94. The summed E-state index contributed by atoms with van der Waals surface area (Å²) in [5.74, 6) is 1.76. The summed E-state index contributed by atoms with van der Waals surface area (Å²) in [7, 11) is 0. The van der Waals surface area contributed by atoms with Crippen molar-refractivity contribution in [3.63, 3.8) is 0 Å². The molecule has 6 heteroatoms. The number of nitrogens with zero attached hydrogens (tertiary/aromatic N) is 5. The lowest BCUT2D eigenvalue weighted by Crippen LogP contribution is -2.01. The minimum atomic E-state index is 0.551. The van der Waals surface area contributed by atoms with Crippen molar-refractivity contribution < 1.29 is 4.42 Å². The second-order valence-electron chi connectivity index (χ2n) is 16.0. The van der Waals surface area contributed by atoms with Crippen LogP contribution in [-0.4, -0.2) is 23.9 Å². The molecule has 6 nitrogen and oxygen atoms in total. The lowest BCUT2D eigenvalue weighted by Gasteiger charge is -2.13. The van der Waals surface area contributed by atoms with E-state index >= 15 is 0 Å². The van der Waals surface area contributed by atoms with Gasteiger partial charge in [0.05, 0.1) is 44.2 Å². The molecule has 5 aromatic heterocycles. The average Bonchev–Trinajstić information content (AvgIpc) is 4.06. The van der Waals surface area contributed by atoms with Gasteiger partial charge in [-0.05, 0) is 59.3 Å². The molecule has 14 rings (SSSR count). The topological polar surface area (TPSA) is 61.2 Å². The number of furan rings is 1. The first-order chi connectivity index (χ1) is 30.2. The number of fused-ring (bicyclic) bond motifs is 13. The third kappa shape index (κ3) is 4.53. The fourth-order valence-electron chi connectivity index (χ4n) is 9.99. The van der Waals surface area contributed by atoms with Crippen LogP contribution in [0.5, 0.6) is 0 Å². The second kappa shape index (κ2) is 12.1. The van der Waals surface area contributed by atoms with Crippen molar-refractivity contribution in [2.75, 3.05) is 0 Å². The number of rotatable bonds is 4. The fraction of sp³-hybridized carbons (Fsp3) is 0. The summed E-state index contributed by atoms with van der Waals surface area (Å²) in [5, 5.41) is 11.9. The maximum atomic E-state index is 6.94. The number of benzene rings is 9. The van der Waals surface area contributed by atoms with Crippen molar-refractivity contribution in [3.05, 3.63) is 188 Å². The highest BCUT2D eigenvalue weighted by molar-refractivity contribution is 6.27. The van der Waals surface area contributed by atoms with Crippen molar-refractivity contribution in [2.24, 2.45) is 0 Å². The van der Waals surface area contributed by atoms with Crippen LogP contribution in [0.15, 0.2) is 192 Å². The minimum absolute atomic E-state index is 0.551. The molecule has 61 heavy (non-hydrogen) atoms. The highest BCUT2D eigenvalue weighted by Gasteiger charge is 2.25. The molecule has 0 aliphatic heterocycles. The molecule has 9 aromatic carbocycles. The van der Waals surface area contributed by atoms with E-state index in [1.807, 2.05) is 72.8 Å². The van der Waals surface area contributed by atoms with E-state index in [2.05, 4.69) is 124 Å². The van der Waals surface area contributed by atoms with Gasteiger partial charge in [-0.25, -0.2) is 15.0 Å². The van der Waals surface area contributed by atoms with Gasteiger partial charge in [0.1, 0.15) is 11.2 Å². The molecular weight excluding hydrogens is 747 g/mol. The average molecular weight is 778 g/mol. The zero-order chi connectivity index (χ0) is 39.8. The van der Waals surface area contributed by atoms with Crippen molar-refractivity contribution in [2.45, 2.75) is 0 Å². The van der Waals surface area contributed by atoms with Crippen molar-refractivity contribution in [1.82, 2.24) is 23.9 Å². The molecule has 0 unspecified atom stereocenters. The van der Waals surface area contributed by atoms with Crippen LogP contribution < -0.4 is 0 Å². The Bertz CT molecular complexity index is 4050. The Balaban J connectivity index is 1.12. The number of hydrogen-bond donors (Lipinski definition) is 0. The van der Waals surface area contributed by atoms with E-state index in [1.54, 1.807) is 0 Å². The van der Waals surface area contributed by atoms with E-state index in [0.717, 1.165) is 55.3 Å². The van der Waals surface area contributed by atoms with E-state index in [1.165, 1.54) is 59.6 Å². The first-order valence-electron chi connectivity index (χ1n) is 20.6. The van der Waals surface area contributed by atoms with E-state index in [4.69, 9.17) is 19.4 Å². The Morgan fingerprint density at radius 3 is 1.72 bits per heavy atom. The molecule has 0 aliphatic carbocycles. The highest BCUT2D eigenvalue weighted by Crippen LogP contribution is 2.46. The molecule has 0 aliphatic rings. The molecular formula is C55H31N5O. The SMILES string of the molecule is c1ccc(-c2nc(-c3ccccc3)nc(-c3ccc(-n4c5cc6ccccc6cc5c5cc6c7cccc8c9ccccc9n(c6cc54)c87)c4c3oc3ccccc34)n2)cc1. The van der Waals surface area contributed by atoms with Gasteiger partial charge in [0, 0.05) is 48.8 Å². The first kappa shape index (κ1) is 32.6. The Morgan fingerprint density at radius 1 is 0.377 bits per heavy atom. The van der Waals surface area contributed by atoms with Crippen LogP contribution in [0.4, 0.5) is 0 Å². The van der Waals surface area contributed by atoms with Gasteiger partial charge in [-0.3, -0.25) is 0 Å². The van der Waals surface area contributed by atoms with Crippen LogP contribution in [0.1, 0.15) is 0 Å². The quantitative estimate of drug-likeness (QED) is 0.179. The molecule has 14 aromatic rings. The molecule has 0 fully saturated rings. The molecule has 5 heterocycles. The molecule has 0 radical (unpaired) electrons. The largest absolute Gasteiger partial charge is 0.455 e. The van der Waals surface area contributed by atoms with Gasteiger partial charge in [0.15, 0.2) is 17.5 Å². The van der Waals surface area contributed by atoms with Gasteiger partial charge in [-0.1, -0.05) is 140 Å². The predicted octanol–water partition coefficient (Wildman–Crippen LogP) is 14.2. The van der Waals surface area contributed by atoms with Gasteiger partial charge < -0.3 is 13.4 Å². The molecule has 0 saturated heterocycles. The first-order valence-corrected chi connectivity index (χ1v) is 20.6. The Labute approximate surface area is 347 Å². The van der Waals surface area contributed by atoms with Crippen LogP contribution in [0, 0.1) is 0 Å². The fourth-order valence-corrected chi connectivity index (χ4v) is 9.99. The Kier molecular flexibility index (Phi) is 6.46. The number of para-hydroxylation sites is 3. The Morgan fingerprint density at radius 2 is 0.951 bits per heavy atom. The second-order valence-corrected chi connectivity index (χ2v) is 16.0. The molecule has 0 amide bonds. The molecule has 282 valence electrons. The summed E-state index contributed by atoms with van der Waals surface area (Å²) in [5.41, 5.74) is 11.1. The van der Waals surface area contributed by atoms with E-state index < -0.39 is 0 Å². The lowest BCUT2D eigenvalue weighted by atomic mass is 10.0. The lowest BCUT2D eigenvalue weighted by molar-refractivity contribution is 0.669. The molecule has 0 bridgehead atoms. The third-order valence-corrected chi connectivity index (χ3v) is 12.7. The van der Waals surface area contributed by atoms with Gasteiger partial charge >= 0.3 is 0 Å². The summed E-state index contributed by atoms with van der Waals surface area (Å²) >= 11 is 0. The summed E-state index contributed by atoms with van der Waals surface area (Å²) in [6, 6.07) is 66.6. The summed E-state index contributed by atoms with van der Waals surface area (Å²) in [6.45, 7) is 0. The van der Waals surface area contributed by atoms with Crippen LogP contribution >= 0.6 is 0 Å². The van der Waals surface area contributed by atoms with Crippen LogP contribution in [0.3, 0.4) is 0 Å². The zero-order valence-corrected chi connectivity index (χ0v) is 32.5. The summed E-state index contributed by atoms with van der Waals surface area (Å²) < 4.78 is 11.9. The van der Waals surface area contributed by atoms with Gasteiger partial charge in [-0.2, -0.15) is 0 Å². The molecule has 0 saturated carbocycles. The zero-order valence-electron chi connectivity index (χ0n) is 32.5. The van der Waals surface area contributed by atoms with E-state index in [9.17, 15) is 0 Å². The van der Waals surface area contributed by atoms with E-state index in [0.29, 0.717) is 17.5 Å². The molecule has 0 atom stereocenters. The Hall–Kier alpha value is -8.35. The van der Waals surface area contributed by atoms with Gasteiger partial charge in [0.2, 0.25) is 0 Å². The van der Waals surface area contributed by atoms with Crippen LogP contribution in [-0.2, 0) is 0 Å². The molecule has 0 spiro atoms. The predicted molar refractivity (Wildman–Crippen MR) is 250 cm³/mol. The van der Waals surface area contributed by atoms with Gasteiger partial charge in [0.25, 0.3) is 0 Å². The number of hydrogen-bond acceptors (Lipinski definition) is 4. The van der Waals surface area contributed by atoms with Crippen molar-refractivity contribution in [3.8, 4) is 39.9 Å². The monoisotopic (exact) mass is 777 g/mol. The van der Waals surface area contributed by atoms with Crippen LogP contribution in [0.2, 0.25) is 0 Å². The van der Waals surface area contributed by atoms with Crippen molar-refractivity contribution in [1.29, 1.82) is 0 Å². The van der Waals surface area contributed by atoms with Crippen LogP contribution in [0.25, 0.3) is 132 Å². The maximum Gasteiger partial charge on any atom is 0.167 e. The number of aromatic nitrogens is 5.